The van der Waals surface area contributed by atoms with Gasteiger partial charge in [0.2, 0.25) is 0 Å². The molecule has 78 valence electrons. The number of halogens is 1. The summed E-state index contributed by atoms with van der Waals surface area (Å²) >= 11 is 0. The smallest absolute Gasteiger partial charge is 0.384 e. The van der Waals surface area contributed by atoms with Crippen LogP contribution < -0.4 is 4.74 Å². The molecular formula is C11H9FO3. The highest BCUT2D eigenvalue weighted by atomic mass is 19.1. The average Bonchev–Trinajstić information content (AvgIpc) is 2.26. The third-order valence-electron chi connectivity index (χ3n) is 1.66. The van der Waals surface area contributed by atoms with E-state index in [0.717, 1.165) is 0 Å². The van der Waals surface area contributed by atoms with Crippen LogP contribution in [0.3, 0.4) is 0 Å². The fourth-order valence-corrected chi connectivity index (χ4v) is 0.894. The minimum Gasteiger partial charge on any atom is -0.497 e. The second kappa shape index (κ2) is 5.01. The number of ether oxygens (including phenoxy) is 2. The maximum absolute atomic E-state index is 13.3. The second-order valence-electron chi connectivity index (χ2n) is 2.59. The van der Waals surface area contributed by atoms with Crippen LogP contribution in [0.15, 0.2) is 18.2 Å². The van der Waals surface area contributed by atoms with Crippen LogP contribution in [0.2, 0.25) is 0 Å². The highest BCUT2D eigenvalue weighted by Crippen LogP contribution is 2.15. The van der Waals surface area contributed by atoms with E-state index in [-0.39, 0.29) is 5.56 Å². The summed E-state index contributed by atoms with van der Waals surface area (Å²) in [5.41, 5.74) is 0.126. The number of methoxy groups -OCH3 is 2. The van der Waals surface area contributed by atoms with Gasteiger partial charge < -0.3 is 9.47 Å². The second-order valence-corrected chi connectivity index (χ2v) is 2.59. The maximum Gasteiger partial charge on any atom is 0.384 e. The van der Waals surface area contributed by atoms with Gasteiger partial charge in [0, 0.05) is 12.0 Å². The van der Waals surface area contributed by atoms with E-state index in [4.69, 9.17) is 4.74 Å². The molecule has 0 fully saturated rings. The van der Waals surface area contributed by atoms with Crippen molar-refractivity contribution in [2.24, 2.45) is 0 Å². The van der Waals surface area contributed by atoms with Crippen molar-refractivity contribution in [2.75, 3.05) is 14.2 Å². The molecule has 0 saturated carbocycles. The molecule has 1 aromatic carbocycles. The Morgan fingerprint density at radius 3 is 2.67 bits per heavy atom. The summed E-state index contributed by atoms with van der Waals surface area (Å²) in [6.45, 7) is 0. The van der Waals surface area contributed by atoms with E-state index in [1.54, 1.807) is 6.07 Å². The lowest BCUT2D eigenvalue weighted by Gasteiger charge is -1.99. The molecular weight excluding hydrogens is 199 g/mol. The van der Waals surface area contributed by atoms with Gasteiger partial charge in [-0.3, -0.25) is 0 Å². The molecule has 0 aliphatic carbocycles. The minimum atomic E-state index is -0.704. The molecule has 0 heterocycles. The van der Waals surface area contributed by atoms with Crippen LogP contribution in [0.5, 0.6) is 5.75 Å². The first-order valence-electron chi connectivity index (χ1n) is 4.11. The molecule has 0 N–H and O–H groups in total. The fourth-order valence-electron chi connectivity index (χ4n) is 0.894. The van der Waals surface area contributed by atoms with Crippen molar-refractivity contribution >= 4 is 5.97 Å². The van der Waals surface area contributed by atoms with E-state index in [1.807, 2.05) is 0 Å². The molecule has 4 heteroatoms. The van der Waals surface area contributed by atoms with Crippen molar-refractivity contribution in [3.05, 3.63) is 29.6 Å². The number of hydrogen-bond acceptors (Lipinski definition) is 3. The third-order valence-corrected chi connectivity index (χ3v) is 1.66. The van der Waals surface area contributed by atoms with Crippen LogP contribution in [0.4, 0.5) is 4.39 Å². The third kappa shape index (κ3) is 2.99. The van der Waals surface area contributed by atoms with Gasteiger partial charge in [0.05, 0.1) is 19.8 Å². The van der Waals surface area contributed by atoms with Crippen LogP contribution in [-0.2, 0) is 9.53 Å². The van der Waals surface area contributed by atoms with Gasteiger partial charge in [-0.05, 0) is 12.1 Å². The Morgan fingerprint density at radius 1 is 1.40 bits per heavy atom. The van der Waals surface area contributed by atoms with Gasteiger partial charge in [-0.2, -0.15) is 0 Å². The van der Waals surface area contributed by atoms with Crippen molar-refractivity contribution in [1.29, 1.82) is 0 Å². The predicted octanol–water partition coefficient (Wildman–Crippen LogP) is 1.36. The molecule has 15 heavy (non-hydrogen) atoms. The lowest BCUT2D eigenvalue weighted by molar-refractivity contribution is -0.133. The van der Waals surface area contributed by atoms with Gasteiger partial charge in [0.25, 0.3) is 0 Å². The van der Waals surface area contributed by atoms with Crippen LogP contribution in [-0.4, -0.2) is 20.2 Å². The molecule has 0 atom stereocenters. The zero-order valence-electron chi connectivity index (χ0n) is 8.33. The lowest BCUT2D eigenvalue weighted by Crippen LogP contribution is -1.95. The molecule has 0 amide bonds. The Bertz CT molecular complexity index is 429. The minimum absolute atomic E-state index is 0.126. The molecule has 0 unspecified atom stereocenters. The zero-order chi connectivity index (χ0) is 11.3. The summed E-state index contributed by atoms with van der Waals surface area (Å²) in [6.07, 6.45) is 0. The van der Waals surface area contributed by atoms with E-state index in [0.29, 0.717) is 5.75 Å². The molecule has 0 radical (unpaired) electrons. The lowest BCUT2D eigenvalue weighted by atomic mass is 10.2. The Kier molecular flexibility index (Phi) is 3.69. The van der Waals surface area contributed by atoms with E-state index in [9.17, 15) is 9.18 Å². The number of rotatable bonds is 1. The van der Waals surface area contributed by atoms with Crippen molar-refractivity contribution in [3.63, 3.8) is 0 Å². The molecule has 0 aliphatic rings. The number of esters is 1. The highest BCUT2D eigenvalue weighted by Gasteiger charge is 2.01. The topological polar surface area (TPSA) is 35.5 Å². The van der Waals surface area contributed by atoms with E-state index >= 15 is 0 Å². The van der Waals surface area contributed by atoms with Crippen molar-refractivity contribution < 1.29 is 18.7 Å². The number of hydrogen-bond donors (Lipinski definition) is 0. The van der Waals surface area contributed by atoms with Crippen molar-refractivity contribution in [3.8, 4) is 17.6 Å². The molecule has 1 aromatic rings. The highest BCUT2D eigenvalue weighted by molar-refractivity contribution is 5.89. The number of benzene rings is 1. The SMILES string of the molecule is COC(=O)C#Cc1ccc(OC)cc1F. The summed E-state index contributed by atoms with van der Waals surface area (Å²) in [4.78, 5) is 10.7. The van der Waals surface area contributed by atoms with Crippen molar-refractivity contribution in [2.45, 2.75) is 0 Å². The first kappa shape index (κ1) is 11.1. The largest absolute Gasteiger partial charge is 0.497 e. The maximum atomic E-state index is 13.3. The van der Waals surface area contributed by atoms with Gasteiger partial charge in [-0.15, -0.1) is 0 Å². The molecule has 3 nitrogen and oxygen atoms in total. The van der Waals surface area contributed by atoms with Gasteiger partial charge in [0.15, 0.2) is 0 Å². The van der Waals surface area contributed by atoms with E-state index < -0.39 is 11.8 Å². The first-order valence-corrected chi connectivity index (χ1v) is 4.11. The molecule has 0 bridgehead atoms. The van der Waals surface area contributed by atoms with E-state index in [1.165, 1.54) is 26.4 Å². The average molecular weight is 208 g/mol. The van der Waals surface area contributed by atoms with Gasteiger partial charge in [-0.1, -0.05) is 5.92 Å². The molecule has 0 spiro atoms. The van der Waals surface area contributed by atoms with Crippen molar-refractivity contribution in [1.82, 2.24) is 0 Å². The van der Waals surface area contributed by atoms with Crippen LogP contribution in [0.25, 0.3) is 0 Å². The van der Waals surface area contributed by atoms with Gasteiger partial charge in [-0.25, -0.2) is 9.18 Å². The summed E-state index contributed by atoms with van der Waals surface area (Å²) in [6, 6.07) is 4.19. The first-order chi connectivity index (χ1) is 7.17. The summed E-state index contributed by atoms with van der Waals surface area (Å²) < 4.78 is 22.4. The molecule has 1 rings (SSSR count). The Balaban J connectivity index is 2.95. The number of carbonyl (C=O) groups excluding carboxylic acids is 1. The van der Waals surface area contributed by atoms with E-state index in [2.05, 4.69) is 16.6 Å². The van der Waals surface area contributed by atoms with Crippen LogP contribution >= 0.6 is 0 Å². The van der Waals surface area contributed by atoms with Crippen LogP contribution in [0.1, 0.15) is 5.56 Å². The molecule has 0 saturated heterocycles. The molecule has 0 aromatic heterocycles. The van der Waals surface area contributed by atoms with Crippen LogP contribution in [0, 0.1) is 17.7 Å². The monoisotopic (exact) mass is 208 g/mol. The Labute approximate surface area is 86.8 Å². The summed E-state index contributed by atoms with van der Waals surface area (Å²) in [5, 5.41) is 0. The van der Waals surface area contributed by atoms with Gasteiger partial charge >= 0.3 is 5.97 Å². The zero-order valence-corrected chi connectivity index (χ0v) is 8.33. The number of carbonyl (C=O) groups is 1. The summed E-state index contributed by atoms with van der Waals surface area (Å²) in [5.74, 6) is 3.65. The summed E-state index contributed by atoms with van der Waals surface area (Å²) in [7, 11) is 2.65. The normalized spacial score (nSPS) is 8.73. The van der Waals surface area contributed by atoms with Gasteiger partial charge in [0.1, 0.15) is 11.6 Å². The Hall–Kier alpha value is -2.02. The predicted molar refractivity (Wildman–Crippen MR) is 51.8 cm³/mol. The molecule has 0 aliphatic heterocycles. The quantitative estimate of drug-likeness (QED) is 0.516. The Morgan fingerprint density at radius 2 is 2.13 bits per heavy atom. The standard InChI is InChI=1S/C11H9FO3/c1-14-9-5-3-8(10(12)7-9)4-6-11(13)15-2/h3,5,7H,1-2H3. The fraction of sp³-hybridized carbons (Fsp3) is 0.182.